The van der Waals surface area contributed by atoms with E-state index < -0.39 is 5.54 Å². The Morgan fingerprint density at radius 2 is 2.05 bits per heavy atom. The third-order valence-electron chi connectivity index (χ3n) is 4.26. The van der Waals surface area contributed by atoms with E-state index in [9.17, 15) is 4.79 Å². The van der Waals surface area contributed by atoms with Gasteiger partial charge in [0.1, 0.15) is 12.4 Å². The van der Waals surface area contributed by atoms with Crippen LogP contribution in [0.2, 0.25) is 0 Å². The molecule has 4 nitrogen and oxygen atoms in total. The van der Waals surface area contributed by atoms with Crippen molar-refractivity contribution in [1.82, 2.24) is 5.32 Å². The molecule has 1 aliphatic rings. The van der Waals surface area contributed by atoms with Crippen LogP contribution in [-0.4, -0.2) is 31.8 Å². The third kappa shape index (κ3) is 3.38. The third-order valence-corrected chi connectivity index (χ3v) is 4.26. The molecule has 0 amide bonds. The summed E-state index contributed by atoms with van der Waals surface area (Å²) in [6.45, 7) is 7.14. The molecule has 1 aliphatic carbocycles. The van der Waals surface area contributed by atoms with Crippen molar-refractivity contribution in [1.29, 1.82) is 0 Å². The van der Waals surface area contributed by atoms with Crippen molar-refractivity contribution in [3.8, 4) is 5.75 Å². The second-order valence-electron chi connectivity index (χ2n) is 5.80. The molecule has 1 unspecified atom stereocenters. The topological polar surface area (TPSA) is 47.6 Å². The summed E-state index contributed by atoms with van der Waals surface area (Å²) in [6, 6.07) is 5.99. The molecular formula is C17H25NO3. The minimum atomic E-state index is -0.720. The predicted octanol–water partition coefficient (Wildman–Crippen LogP) is 2.61. The molecule has 1 aromatic carbocycles. The number of nitrogens with one attached hydrogen (secondary N) is 1. The zero-order valence-corrected chi connectivity index (χ0v) is 13.4. The van der Waals surface area contributed by atoms with E-state index in [2.05, 4.69) is 19.2 Å². The fraction of sp³-hybridized carbons (Fsp3) is 0.588. The molecule has 1 aromatic rings. The Hall–Kier alpha value is -1.55. The number of aryl methyl sites for hydroxylation is 2. The molecule has 116 valence electrons. The summed E-state index contributed by atoms with van der Waals surface area (Å²) in [5, 5.41) is 3.31. The molecule has 0 bridgehead atoms. The van der Waals surface area contributed by atoms with Gasteiger partial charge in [-0.15, -0.1) is 0 Å². The number of hydrogen-bond donors (Lipinski definition) is 1. The Morgan fingerprint density at radius 3 is 2.57 bits per heavy atom. The van der Waals surface area contributed by atoms with Crippen LogP contribution in [0.25, 0.3) is 0 Å². The summed E-state index contributed by atoms with van der Waals surface area (Å²) in [6.07, 6.45) is 2.08. The van der Waals surface area contributed by atoms with Gasteiger partial charge in [0.2, 0.25) is 0 Å². The van der Waals surface area contributed by atoms with Gasteiger partial charge < -0.3 is 9.47 Å². The summed E-state index contributed by atoms with van der Waals surface area (Å²) in [5.74, 6) is 0.872. The average Bonchev–Trinajstić information content (AvgIpc) is 3.31. The summed E-state index contributed by atoms with van der Waals surface area (Å²) in [4.78, 5) is 12.3. The van der Waals surface area contributed by atoms with Crippen molar-refractivity contribution in [3.63, 3.8) is 0 Å². The molecule has 0 spiro atoms. The normalized spacial score (nSPS) is 17.1. The summed E-state index contributed by atoms with van der Waals surface area (Å²) < 4.78 is 10.9. The van der Waals surface area contributed by atoms with Crippen molar-refractivity contribution in [3.05, 3.63) is 29.3 Å². The van der Waals surface area contributed by atoms with Crippen LogP contribution >= 0.6 is 0 Å². The lowest BCUT2D eigenvalue weighted by atomic mass is 9.94. The fourth-order valence-corrected chi connectivity index (χ4v) is 2.69. The van der Waals surface area contributed by atoms with Gasteiger partial charge in [-0.1, -0.05) is 13.0 Å². The number of carbonyl (C=O) groups is 1. The maximum Gasteiger partial charge on any atom is 0.329 e. The SMILES string of the molecule is CCNC(COc1ccc(C)c(C)c1)(C(=O)OC)C1CC1. The molecule has 0 saturated heterocycles. The molecule has 0 aliphatic heterocycles. The van der Waals surface area contributed by atoms with Crippen molar-refractivity contribution in [2.45, 2.75) is 39.2 Å². The van der Waals surface area contributed by atoms with E-state index in [1.165, 1.54) is 18.2 Å². The highest BCUT2D eigenvalue weighted by Gasteiger charge is 2.52. The van der Waals surface area contributed by atoms with Gasteiger partial charge in [-0.25, -0.2) is 4.79 Å². The second-order valence-corrected chi connectivity index (χ2v) is 5.80. The van der Waals surface area contributed by atoms with Gasteiger partial charge in [-0.05, 0) is 62.4 Å². The van der Waals surface area contributed by atoms with Gasteiger partial charge in [0.15, 0.2) is 5.54 Å². The van der Waals surface area contributed by atoms with E-state index in [1.807, 2.05) is 25.1 Å². The monoisotopic (exact) mass is 291 g/mol. The van der Waals surface area contributed by atoms with E-state index in [1.54, 1.807) is 0 Å². The summed E-state index contributed by atoms with van der Waals surface area (Å²) >= 11 is 0. The molecule has 1 N–H and O–H groups in total. The van der Waals surface area contributed by atoms with Crippen LogP contribution in [0.3, 0.4) is 0 Å². The molecule has 0 radical (unpaired) electrons. The molecule has 2 rings (SSSR count). The van der Waals surface area contributed by atoms with Crippen LogP contribution < -0.4 is 10.1 Å². The van der Waals surface area contributed by atoms with Crippen LogP contribution in [0.5, 0.6) is 5.75 Å². The van der Waals surface area contributed by atoms with Crippen molar-refractivity contribution >= 4 is 5.97 Å². The molecular weight excluding hydrogens is 266 g/mol. The minimum absolute atomic E-state index is 0.226. The molecule has 0 aromatic heterocycles. The lowest BCUT2D eigenvalue weighted by Gasteiger charge is -2.31. The highest BCUT2D eigenvalue weighted by molar-refractivity contribution is 5.82. The van der Waals surface area contributed by atoms with E-state index >= 15 is 0 Å². The Morgan fingerprint density at radius 1 is 1.33 bits per heavy atom. The molecule has 1 fully saturated rings. The Balaban J connectivity index is 2.14. The number of esters is 1. The lowest BCUT2D eigenvalue weighted by Crippen LogP contribution is -2.58. The number of likely N-dealkylation sites (N-methyl/N-ethyl adjacent to an activating group) is 1. The number of methoxy groups -OCH3 is 1. The first-order valence-corrected chi connectivity index (χ1v) is 7.57. The number of rotatable bonds is 7. The largest absolute Gasteiger partial charge is 0.491 e. The Kier molecular flexibility index (Phi) is 4.88. The van der Waals surface area contributed by atoms with Crippen molar-refractivity contribution in [2.75, 3.05) is 20.3 Å². The smallest absolute Gasteiger partial charge is 0.329 e. The van der Waals surface area contributed by atoms with E-state index in [-0.39, 0.29) is 5.97 Å². The van der Waals surface area contributed by atoms with E-state index in [0.717, 1.165) is 18.6 Å². The number of benzene rings is 1. The first-order valence-electron chi connectivity index (χ1n) is 7.57. The first-order chi connectivity index (χ1) is 10.0. The number of hydrogen-bond acceptors (Lipinski definition) is 4. The highest BCUT2D eigenvalue weighted by Crippen LogP contribution is 2.41. The van der Waals surface area contributed by atoms with Gasteiger partial charge in [0.05, 0.1) is 7.11 Å². The summed E-state index contributed by atoms with van der Waals surface area (Å²) in [5.41, 5.74) is 1.70. The zero-order valence-electron chi connectivity index (χ0n) is 13.4. The van der Waals surface area contributed by atoms with Gasteiger partial charge in [0, 0.05) is 0 Å². The van der Waals surface area contributed by atoms with Crippen LogP contribution in [0.1, 0.15) is 30.9 Å². The zero-order chi connectivity index (χ0) is 15.5. The second kappa shape index (κ2) is 6.48. The maximum absolute atomic E-state index is 12.3. The Labute approximate surface area is 126 Å². The molecule has 1 saturated carbocycles. The van der Waals surface area contributed by atoms with Gasteiger partial charge in [0.25, 0.3) is 0 Å². The quantitative estimate of drug-likeness (QED) is 0.785. The standard InChI is InChI=1S/C17H25NO3/c1-5-18-17(14-7-8-14,16(19)20-4)11-21-15-9-6-12(2)13(3)10-15/h6,9-10,14,18H,5,7-8,11H2,1-4H3. The van der Waals surface area contributed by atoms with Crippen LogP contribution in [0.4, 0.5) is 0 Å². The van der Waals surface area contributed by atoms with Crippen LogP contribution in [0.15, 0.2) is 18.2 Å². The molecule has 0 heterocycles. The van der Waals surface area contributed by atoms with E-state index in [0.29, 0.717) is 19.1 Å². The Bertz CT molecular complexity index is 511. The first kappa shape index (κ1) is 15.8. The average molecular weight is 291 g/mol. The lowest BCUT2D eigenvalue weighted by molar-refractivity contribution is -0.151. The predicted molar refractivity (Wildman–Crippen MR) is 82.6 cm³/mol. The van der Waals surface area contributed by atoms with Gasteiger partial charge >= 0.3 is 5.97 Å². The summed E-state index contributed by atoms with van der Waals surface area (Å²) in [7, 11) is 1.44. The molecule has 21 heavy (non-hydrogen) atoms. The van der Waals surface area contributed by atoms with Crippen molar-refractivity contribution in [2.24, 2.45) is 5.92 Å². The fourth-order valence-electron chi connectivity index (χ4n) is 2.69. The molecule has 4 heteroatoms. The number of carbonyl (C=O) groups excluding carboxylic acids is 1. The van der Waals surface area contributed by atoms with E-state index in [4.69, 9.17) is 9.47 Å². The highest BCUT2D eigenvalue weighted by atomic mass is 16.5. The molecule has 1 atom stereocenters. The van der Waals surface area contributed by atoms with Gasteiger partial charge in [-0.3, -0.25) is 5.32 Å². The minimum Gasteiger partial charge on any atom is -0.491 e. The van der Waals surface area contributed by atoms with Crippen LogP contribution in [-0.2, 0) is 9.53 Å². The van der Waals surface area contributed by atoms with Gasteiger partial charge in [-0.2, -0.15) is 0 Å². The maximum atomic E-state index is 12.3. The van der Waals surface area contributed by atoms with Crippen molar-refractivity contribution < 1.29 is 14.3 Å². The van der Waals surface area contributed by atoms with Crippen LogP contribution in [0, 0.1) is 19.8 Å². The number of ether oxygens (including phenoxy) is 2.